The van der Waals surface area contributed by atoms with Crippen molar-refractivity contribution in [3.8, 4) is 0 Å². The van der Waals surface area contributed by atoms with Gasteiger partial charge in [0.05, 0.1) is 27.7 Å². The number of carbonyl (C=O) groups is 2. The average Bonchev–Trinajstić information content (AvgIpc) is 1.02. The molecule has 0 aliphatic carbocycles. The van der Waals surface area contributed by atoms with Crippen LogP contribution in [0.5, 0.6) is 0 Å². The van der Waals surface area contributed by atoms with Gasteiger partial charge in [-0.05, 0) is 96.3 Å². The molecule has 2 unspecified atom stereocenters. The first-order chi connectivity index (χ1) is 49.0. The molecule has 0 aromatic heterocycles. The van der Waals surface area contributed by atoms with E-state index in [-0.39, 0.29) is 25.6 Å². The standard InChI is InChI=1S/C90H164NO8P/c1-6-8-10-12-14-16-18-20-22-24-26-28-30-32-34-36-38-40-42-44-45-47-48-50-52-54-56-58-60-62-64-66-68-70-72-74-76-78-80-82-89(92)96-86-88(87-98-100(94,95)97-85-84-91(3,4)5)99-90(93)83-81-79-77-75-73-71-69-67-65-63-61-59-57-55-53-51-49-46-43-41-39-37-35-33-31-29-27-25-23-21-19-17-15-13-11-9-7-2/h9,11,15,17-18,20-21,23-24,26-27,29,33,35,39,41,88H,6-8,10,12-14,16,19,22,25,28,30-32,34,36-38,40,42-87H2,1-5H3/p+1/b11-9-,17-15-,20-18-,23-21-,26-24-,29-27-,35-33-,41-39-. The first-order valence-electron chi connectivity index (χ1n) is 43.0. The molecule has 0 heterocycles. The van der Waals surface area contributed by atoms with Crippen molar-refractivity contribution in [2.75, 3.05) is 47.5 Å². The molecule has 0 saturated heterocycles. The Labute approximate surface area is 621 Å². The molecule has 1 N–H and O–H groups in total. The minimum Gasteiger partial charge on any atom is -0.462 e. The second-order valence-corrected chi connectivity index (χ2v) is 31.6. The van der Waals surface area contributed by atoms with Crippen molar-refractivity contribution >= 4 is 19.8 Å². The number of unbranched alkanes of at least 4 members (excludes halogenated alkanes) is 50. The number of hydrogen-bond donors (Lipinski definition) is 1. The summed E-state index contributed by atoms with van der Waals surface area (Å²) in [5, 5.41) is 0. The second-order valence-electron chi connectivity index (χ2n) is 30.2. The van der Waals surface area contributed by atoms with E-state index in [0.29, 0.717) is 23.9 Å². The van der Waals surface area contributed by atoms with E-state index >= 15 is 0 Å². The molecule has 0 aliphatic heterocycles. The smallest absolute Gasteiger partial charge is 0.462 e. The molecular formula is C90H165NO8P+. The molecular weight excluding hydrogens is 1250 g/mol. The SMILES string of the molecule is CC/C=C\C/C=C\C/C=C\C/C=C\C/C=C\C/C=C\CCCCCCCCCCCCCCCCCCCCC(=O)OC(COC(=O)CCCCCCCCCCCCCCCCCCCCCCCCCCCCC/C=C\C/C=C\CCCCCCC)COP(=O)(O)OCC[N+](C)(C)C. The van der Waals surface area contributed by atoms with E-state index in [9.17, 15) is 19.0 Å². The Balaban J connectivity index is 3.89. The summed E-state index contributed by atoms with van der Waals surface area (Å²) in [6, 6.07) is 0. The summed E-state index contributed by atoms with van der Waals surface area (Å²) in [5.41, 5.74) is 0. The number of likely N-dealkylation sites (N-methyl/N-ethyl adjacent to an activating group) is 1. The molecule has 100 heavy (non-hydrogen) atoms. The van der Waals surface area contributed by atoms with E-state index in [0.717, 1.165) is 77.0 Å². The maximum Gasteiger partial charge on any atom is 0.472 e. The van der Waals surface area contributed by atoms with E-state index in [2.05, 4.69) is 111 Å². The lowest BCUT2D eigenvalue weighted by Crippen LogP contribution is -2.37. The molecule has 582 valence electrons. The molecule has 0 saturated carbocycles. The maximum absolute atomic E-state index is 12.9. The van der Waals surface area contributed by atoms with E-state index in [1.165, 1.54) is 302 Å². The summed E-state index contributed by atoms with van der Waals surface area (Å²) < 4.78 is 34.9. The Bertz CT molecular complexity index is 2010. The maximum atomic E-state index is 12.9. The highest BCUT2D eigenvalue weighted by molar-refractivity contribution is 7.47. The number of carbonyl (C=O) groups excluding carboxylic acids is 2. The van der Waals surface area contributed by atoms with Crippen molar-refractivity contribution in [2.24, 2.45) is 0 Å². The van der Waals surface area contributed by atoms with Crippen LogP contribution in [0.1, 0.15) is 412 Å². The fourth-order valence-electron chi connectivity index (χ4n) is 12.6. The summed E-state index contributed by atoms with van der Waals surface area (Å²) >= 11 is 0. The molecule has 0 aliphatic rings. The number of phosphoric ester groups is 1. The Morgan fingerprint density at radius 1 is 0.320 bits per heavy atom. The van der Waals surface area contributed by atoms with Crippen LogP contribution in [0.3, 0.4) is 0 Å². The third kappa shape index (κ3) is 83.9. The number of phosphoric acid groups is 1. The highest BCUT2D eigenvalue weighted by Gasteiger charge is 2.27. The summed E-state index contributed by atoms with van der Waals surface area (Å²) in [6.07, 6.45) is 113. The highest BCUT2D eigenvalue weighted by Crippen LogP contribution is 2.43. The number of nitrogens with zero attached hydrogens (tertiary/aromatic N) is 1. The molecule has 9 nitrogen and oxygen atoms in total. The minimum atomic E-state index is -4.40. The molecule has 0 fully saturated rings. The third-order valence-electron chi connectivity index (χ3n) is 19.1. The van der Waals surface area contributed by atoms with Crippen LogP contribution in [-0.4, -0.2) is 74.9 Å². The first kappa shape index (κ1) is 96.9. The Kier molecular flexibility index (Phi) is 77.6. The molecule has 0 amide bonds. The molecule has 0 spiro atoms. The van der Waals surface area contributed by atoms with Crippen molar-refractivity contribution in [1.82, 2.24) is 0 Å². The van der Waals surface area contributed by atoms with Gasteiger partial charge >= 0.3 is 19.8 Å². The van der Waals surface area contributed by atoms with E-state index in [1.54, 1.807) is 0 Å². The van der Waals surface area contributed by atoms with E-state index < -0.39 is 26.5 Å². The number of esters is 2. The number of quaternary nitrogens is 1. The van der Waals surface area contributed by atoms with Crippen molar-refractivity contribution < 1.29 is 42.1 Å². The van der Waals surface area contributed by atoms with Gasteiger partial charge in [0.15, 0.2) is 6.10 Å². The van der Waals surface area contributed by atoms with Crippen LogP contribution >= 0.6 is 7.82 Å². The van der Waals surface area contributed by atoms with Crippen LogP contribution in [0.25, 0.3) is 0 Å². The van der Waals surface area contributed by atoms with Crippen LogP contribution in [0, 0.1) is 0 Å². The molecule has 0 bridgehead atoms. The normalized spacial score (nSPS) is 13.5. The van der Waals surface area contributed by atoms with Crippen molar-refractivity contribution in [3.05, 3.63) is 97.2 Å². The Morgan fingerprint density at radius 3 is 0.850 bits per heavy atom. The van der Waals surface area contributed by atoms with Gasteiger partial charge < -0.3 is 18.9 Å². The molecule has 0 radical (unpaired) electrons. The molecule has 10 heteroatoms. The van der Waals surface area contributed by atoms with Gasteiger partial charge in [0.25, 0.3) is 0 Å². The van der Waals surface area contributed by atoms with Crippen LogP contribution in [0.2, 0.25) is 0 Å². The predicted molar refractivity (Wildman–Crippen MR) is 436 cm³/mol. The topological polar surface area (TPSA) is 108 Å². The van der Waals surface area contributed by atoms with Gasteiger partial charge in [-0.15, -0.1) is 0 Å². The Hall–Kier alpha value is -3.07. The lowest BCUT2D eigenvalue weighted by Gasteiger charge is -2.24. The van der Waals surface area contributed by atoms with Crippen molar-refractivity contribution in [1.29, 1.82) is 0 Å². The predicted octanol–water partition coefficient (Wildman–Crippen LogP) is 29.0. The number of allylic oxidation sites excluding steroid dienone is 16. The highest BCUT2D eigenvalue weighted by atomic mass is 31.2. The Morgan fingerprint density at radius 2 is 0.570 bits per heavy atom. The van der Waals surface area contributed by atoms with Crippen LogP contribution in [0.4, 0.5) is 0 Å². The van der Waals surface area contributed by atoms with Crippen LogP contribution < -0.4 is 0 Å². The number of hydrogen-bond acceptors (Lipinski definition) is 7. The second kappa shape index (κ2) is 80.0. The average molecular weight is 1420 g/mol. The fraction of sp³-hybridized carbons (Fsp3) is 0.800. The van der Waals surface area contributed by atoms with E-state index in [4.69, 9.17) is 18.5 Å². The largest absolute Gasteiger partial charge is 0.472 e. The number of rotatable bonds is 80. The zero-order chi connectivity index (χ0) is 72.5. The van der Waals surface area contributed by atoms with Gasteiger partial charge in [-0.25, -0.2) is 4.57 Å². The monoisotopic (exact) mass is 1420 g/mol. The summed E-state index contributed by atoms with van der Waals surface area (Å²) in [4.78, 5) is 36.0. The minimum absolute atomic E-state index is 0.0321. The fourth-order valence-corrected chi connectivity index (χ4v) is 13.3. The first-order valence-corrected chi connectivity index (χ1v) is 44.5. The quantitative estimate of drug-likeness (QED) is 0.0211. The third-order valence-corrected chi connectivity index (χ3v) is 20.1. The molecule has 0 aromatic carbocycles. The molecule has 0 aromatic rings. The van der Waals surface area contributed by atoms with Gasteiger partial charge in [0.2, 0.25) is 0 Å². The van der Waals surface area contributed by atoms with E-state index in [1.807, 2.05) is 21.1 Å². The molecule has 2 atom stereocenters. The van der Waals surface area contributed by atoms with Crippen LogP contribution in [-0.2, 0) is 32.7 Å². The van der Waals surface area contributed by atoms with Gasteiger partial charge in [0.1, 0.15) is 19.8 Å². The molecule has 0 rings (SSSR count). The number of ether oxygens (including phenoxy) is 2. The zero-order valence-corrected chi connectivity index (χ0v) is 67.6. The summed E-state index contributed by atoms with van der Waals surface area (Å²) in [5.74, 6) is -0.777. The van der Waals surface area contributed by atoms with Crippen molar-refractivity contribution in [2.45, 2.75) is 418 Å². The van der Waals surface area contributed by atoms with Gasteiger partial charge in [-0.1, -0.05) is 400 Å². The lowest BCUT2D eigenvalue weighted by molar-refractivity contribution is -0.870. The van der Waals surface area contributed by atoms with Gasteiger partial charge in [-0.3, -0.25) is 18.6 Å². The lowest BCUT2D eigenvalue weighted by atomic mass is 10.0. The van der Waals surface area contributed by atoms with Gasteiger partial charge in [-0.2, -0.15) is 0 Å². The van der Waals surface area contributed by atoms with Crippen molar-refractivity contribution in [3.63, 3.8) is 0 Å². The zero-order valence-electron chi connectivity index (χ0n) is 66.7. The summed E-state index contributed by atoms with van der Waals surface area (Å²) in [6.45, 7) is 4.37. The summed E-state index contributed by atoms with van der Waals surface area (Å²) in [7, 11) is 1.49. The van der Waals surface area contributed by atoms with Crippen LogP contribution in [0.15, 0.2) is 97.2 Å². The van der Waals surface area contributed by atoms with Gasteiger partial charge in [0, 0.05) is 12.8 Å².